The van der Waals surface area contributed by atoms with Crippen LogP contribution in [0.1, 0.15) is 12.1 Å². The molecular weight excluding hydrogens is 322 g/mol. The van der Waals surface area contributed by atoms with Crippen molar-refractivity contribution >= 4 is 28.6 Å². The van der Waals surface area contributed by atoms with Gasteiger partial charge in [0, 0.05) is 45.2 Å². The van der Waals surface area contributed by atoms with Crippen LogP contribution < -0.4 is 10.5 Å². The van der Waals surface area contributed by atoms with Gasteiger partial charge in [0.25, 0.3) is 5.56 Å². The summed E-state index contributed by atoms with van der Waals surface area (Å²) in [6.07, 6.45) is 2.70. The molecule has 0 spiro atoms. The van der Waals surface area contributed by atoms with Crippen LogP contribution in [-0.4, -0.2) is 45.8 Å². The Morgan fingerprint density at radius 1 is 1.32 bits per heavy atom. The lowest BCUT2D eigenvalue weighted by atomic mass is 10.3. The molecule has 22 heavy (non-hydrogen) atoms. The number of rotatable bonds is 3. The van der Waals surface area contributed by atoms with E-state index in [2.05, 4.69) is 25.3 Å². The molecule has 0 atom stereocenters. The first-order chi connectivity index (χ1) is 10.6. The summed E-state index contributed by atoms with van der Waals surface area (Å²) in [6.45, 7) is 4.52. The molecule has 118 valence electrons. The van der Waals surface area contributed by atoms with E-state index < -0.39 is 0 Å². The van der Waals surface area contributed by atoms with Crippen molar-refractivity contribution in [1.29, 1.82) is 0 Å². The maximum Gasteiger partial charge on any atom is 0.287 e. The molecule has 1 aliphatic rings. The zero-order chi connectivity index (χ0) is 15.5. The third kappa shape index (κ3) is 3.31. The van der Waals surface area contributed by atoms with Gasteiger partial charge in [0.05, 0.1) is 23.1 Å². The summed E-state index contributed by atoms with van der Waals surface area (Å²) in [5, 5.41) is 6.42. The van der Waals surface area contributed by atoms with Gasteiger partial charge in [-0.2, -0.15) is 5.10 Å². The van der Waals surface area contributed by atoms with E-state index in [1.165, 1.54) is 4.68 Å². The minimum atomic E-state index is -0.247. The van der Waals surface area contributed by atoms with E-state index in [9.17, 15) is 4.79 Å². The Hall–Kier alpha value is -1.44. The van der Waals surface area contributed by atoms with E-state index in [-0.39, 0.29) is 10.6 Å². The van der Waals surface area contributed by atoms with Crippen molar-refractivity contribution in [3.05, 3.63) is 38.2 Å². The third-order valence-corrected chi connectivity index (χ3v) is 4.85. The molecule has 8 heteroatoms. The summed E-state index contributed by atoms with van der Waals surface area (Å²) in [4.78, 5) is 20.8. The molecule has 3 rings (SSSR count). The Bertz CT molecular complexity index is 687. The normalized spacial score (nSPS) is 16.7. The van der Waals surface area contributed by atoms with Gasteiger partial charge in [0.2, 0.25) is 0 Å². The topological polar surface area (TPSA) is 54.3 Å². The van der Waals surface area contributed by atoms with E-state index >= 15 is 0 Å². The number of thiazole rings is 1. The number of anilines is 1. The highest BCUT2D eigenvalue weighted by Crippen LogP contribution is 2.22. The molecule has 2 aromatic rings. The van der Waals surface area contributed by atoms with Gasteiger partial charge < -0.3 is 4.90 Å². The lowest BCUT2D eigenvalue weighted by molar-refractivity contribution is 0.282. The van der Waals surface area contributed by atoms with E-state index in [0.29, 0.717) is 0 Å². The molecular formula is C14H18ClN5OS. The minimum absolute atomic E-state index is 0.247. The van der Waals surface area contributed by atoms with Crippen molar-refractivity contribution in [2.24, 2.45) is 7.05 Å². The quantitative estimate of drug-likeness (QED) is 0.850. The first-order valence-electron chi connectivity index (χ1n) is 7.21. The van der Waals surface area contributed by atoms with Crippen LogP contribution in [0.3, 0.4) is 0 Å². The van der Waals surface area contributed by atoms with Crippen LogP contribution in [0.2, 0.25) is 5.02 Å². The predicted molar refractivity (Wildman–Crippen MR) is 88.7 cm³/mol. The Morgan fingerprint density at radius 2 is 2.18 bits per heavy atom. The number of halogens is 1. The van der Waals surface area contributed by atoms with Crippen LogP contribution in [0, 0.1) is 0 Å². The summed E-state index contributed by atoms with van der Waals surface area (Å²) in [5.41, 5.74) is 3.47. The highest BCUT2D eigenvalue weighted by Gasteiger charge is 2.19. The molecule has 0 bridgehead atoms. The molecule has 6 nitrogen and oxygen atoms in total. The van der Waals surface area contributed by atoms with Crippen molar-refractivity contribution in [2.45, 2.75) is 13.0 Å². The molecule has 1 aliphatic heterocycles. The zero-order valence-corrected chi connectivity index (χ0v) is 14.0. The zero-order valence-electron chi connectivity index (χ0n) is 12.4. The van der Waals surface area contributed by atoms with Crippen molar-refractivity contribution < 1.29 is 0 Å². The van der Waals surface area contributed by atoms with E-state index in [4.69, 9.17) is 11.6 Å². The second kappa shape index (κ2) is 6.76. The fraction of sp³-hybridized carbons (Fsp3) is 0.500. The molecule has 2 aromatic heterocycles. The van der Waals surface area contributed by atoms with Crippen LogP contribution in [0.15, 0.2) is 21.9 Å². The molecule has 0 amide bonds. The van der Waals surface area contributed by atoms with Gasteiger partial charge in [0.15, 0.2) is 0 Å². The minimum Gasteiger partial charge on any atom is -0.368 e. The van der Waals surface area contributed by atoms with Gasteiger partial charge in [0.1, 0.15) is 5.02 Å². The SMILES string of the molecule is Cn1ncc(N2CCCN(Cc3cscn3)CC2)c(Cl)c1=O. The predicted octanol–water partition coefficient (Wildman–Crippen LogP) is 1.60. The largest absolute Gasteiger partial charge is 0.368 e. The van der Waals surface area contributed by atoms with Gasteiger partial charge in [-0.15, -0.1) is 11.3 Å². The fourth-order valence-electron chi connectivity index (χ4n) is 2.64. The third-order valence-electron chi connectivity index (χ3n) is 3.86. The van der Waals surface area contributed by atoms with Crippen LogP contribution >= 0.6 is 22.9 Å². The maximum atomic E-state index is 11.9. The van der Waals surface area contributed by atoms with Crippen LogP contribution in [0.4, 0.5) is 5.69 Å². The Balaban J connectivity index is 1.70. The average molecular weight is 340 g/mol. The van der Waals surface area contributed by atoms with Gasteiger partial charge in [-0.1, -0.05) is 11.6 Å². The van der Waals surface area contributed by atoms with E-state index in [1.807, 2.05) is 5.51 Å². The van der Waals surface area contributed by atoms with Crippen LogP contribution in [0.25, 0.3) is 0 Å². The highest BCUT2D eigenvalue weighted by atomic mass is 35.5. The number of hydrogen-bond donors (Lipinski definition) is 0. The summed E-state index contributed by atoms with van der Waals surface area (Å²) < 4.78 is 1.26. The molecule has 0 aliphatic carbocycles. The van der Waals surface area contributed by atoms with Gasteiger partial charge in [-0.3, -0.25) is 9.69 Å². The average Bonchev–Trinajstić information content (AvgIpc) is 2.91. The second-order valence-corrected chi connectivity index (χ2v) is 6.47. The monoisotopic (exact) mass is 339 g/mol. The number of hydrogen-bond acceptors (Lipinski definition) is 6. The molecule has 3 heterocycles. The lowest BCUT2D eigenvalue weighted by Crippen LogP contribution is -2.32. The molecule has 0 radical (unpaired) electrons. The molecule has 0 saturated carbocycles. The summed E-state index contributed by atoms with van der Waals surface area (Å²) >= 11 is 7.82. The number of aryl methyl sites for hydroxylation is 1. The Kier molecular flexibility index (Phi) is 4.75. The smallest absolute Gasteiger partial charge is 0.287 e. The maximum absolute atomic E-state index is 11.9. The summed E-state index contributed by atoms with van der Waals surface area (Å²) in [6, 6.07) is 0. The first-order valence-corrected chi connectivity index (χ1v) is 8.53. The lowest BCUT2D eigenvalue weighted by Gasteiger charge is -2.23. The van der Waals surface area contributed by atoms with E-state index in [0.717, 1.165) is 50.5 Å². The fourth-order valence-corrected chi connectivity index (χ4v) is 3.48. The first kappa shape index (κ1) is 15.5. The van der Waals surface area contributed by atoms with E-state index in [1.54, 1.807) is 24.6 Å². The molecule has 1 saturated heterocycles. The van der Waals surface area contributed by atoms with Crippen molar-refractivity contribution in [2.75, 3.05) is 31.1 Å². The van der Waals surface area contributed by atoms with Crippen LogP contribution in [-0.2, 0) is 13.6 Å². The van der Waals surface area contributed by atoms with Crippen molar-refractivity contribution in [1.82, 2.24) is 19.7 Å². The van der Waals surface area contributed by atoms with Crippen molar-refractivity contribution in [3.8, 4) is 0 Å². The molecule has 0 aromatic carbocycles. The van der Waals surface area contributed by atoms with Gasteiger partial charge >= 0.3 is 0 Å². The molecule has 1 fully saturated rings. The van der Waals surface area contributed by atoms with Crippen molar-refractivity contribution in [3.63, 3.8) is 0 Å². The van der Waals surface area contributed by atoms with Gasteiger partial charge in [-0.05, 0) is 6.42 Å². The Labute approximate surface area is 137 Å². The molecule has 0 unspecified atom stereocenters. The molecule has 0 N–H and O–H groups in total. The Morgan fingerprint density at radius 3 is 2.95 bits per heavy atom. The second-order valence-electron chi connectivity index (χ2n) is 5.37. The summed E-state index contributed by atoms with van der Waals surface area (Å²) in [7, 11) is 1.61. The van der Waals surface area contributed by atoms with Crippen LogP contribution in [0.5, 0.6) is 0 Å². The highest BCUT2D eigenvalue weighted by molar-refractivity contribution is 7.07. The number of aromatic nitrogens is 3. The standard InChI is InChI=1S/C14H18ClN5OS/c1-18-14(21)13(15)12(7-17-18)20-4-2-3-19(5-6-20)8-11-9-22-10-16-11/h7,9-10H,2-6,8H2,1H3. The summed E-state index contributed by atoms with van der Waals surface area (Å²) in [5.74, 6) is 0. The van der Waals surface area contributed by atoms with Gasteiger partial charge in [-0.25, -0.2) is 9.67 Å². The number of nitrogens with zero attached hydrogens (tertiary/aromatic N) is 5.